The average Bonchev–Trinajstić information content (AvgIpc) is 3.31. The number of hydrogen-bond donors (Lipinski definition) is 2. The molecule has 0 radical (unpaired) electrons. The zero-order valence-electron chi connectivity index (χ0n) is 13.8. The number of nitrogens with one attached hydrogen (secondary N) is 2. The van der Waals surface area contributed by atoms with Gasteiger partial charge in [-0.1, -0.05) is 0 Å². The van der Waals surface area contributed by atoms with Crippen LogP contribution in [0, 0.1) is 0 Å². The summed E-state index contributed by atoms with van der Waals surface area (Å²) in [6.45, 7) is 0.776. The molecular weight excluding hydrogens is 320 g/mol. The number of aromatic amines is 1. The third-order valence-electron chi connectivity index (χ3n) is 4.41. The van der Waals surface area contributed by atoms with Gasteiger partial charge in [0.05, 0.1) is 18.7 Å². The van der Waals surface area contributed by atoms with Crippen LogP contribution in [0.3, 0.4) is 0 Å². The van der Waals surface area contributed by atoms with Gasteiger partial charge in [0.2, 0.25) is 5.91 Å². The lowest BCUT2D eigenvalue weighted by Gasteiger charge is -2.25. The Hall–Kier alpha value is -3.16. The minimum atomic E-state index is -0.268. The first kappa shape index (κ1) is 15.4. The first-order valence-corrected chi connectivity index (χ1v) is 8.12. The second-order valence-corrected chi connectivity index (χ2v) is 5.90. The van der Waals surface area contributed by atoms with Gasteiger partial charge in [-0.2, -0.15) is 5.10 Å². The normalized spacial score (nSPS) is 17.0. The Morgan fingerprint density at radius 1 is 1.32 bits per heavy atom. The largest absolute Gasteiger partial charge is 0.497 e. The molecule has 1 fully saturated rings. The van der Waals surface area contributed by atoms with E-state index < -0.39 is 0 Å². The second-order valence-electron chi connectivity index (χ2n) is 5.90. The number of carbonyl (C=O) groups is 1. The Bertz CT molecular complexity index is 892. The van der Waals surface area contributed by atoms with Crippen LogP contribution in [0.15, 0.2) is 36.8 Å². The van der Waals surface area contributed by atoms with E-state index in [1.54, 1.807) is 13.3 Å². The van der Waals surface area contributed by atoms with E-state index in [1.807, 2.05) is 29.2 Å². The van der Waals surface area contributed by atoms with Crippen LogP contribution in [-0.2, 0) is 4.79 Å². The Morgan fingerprint density at radius 3 is 2.96 bits per heavy atom. The Kier molecular flexibility index (Phi) is 3.93. The van der Waals surface area contributed by atoms with Crippen LogP contribution < -0.4 is 15.0 Å². The molecule has 1 aromatic carbocycles. The summed E-state index contributed by atoms with van der Waals surface area (Å²) in [6, 6.07) is 7.03. The van der Waals surface area contributed by atoms with Crippen molar-refractivity contribution < 1.29 is 9.53 Å². The van der Waals surface area contributed by atoms with Crippen molar-refractivity contribution >= 4 is 28.4 Å². The first-order chi connectivity index (χ1) is 12.3. The van der Waals surface area contributed by atoms with Crippen molar-refractivity contribution in [1.82, 2.24) is 20.2 Å². The van der Waals surface area contributed by atoms with Crippen molar-refractivity contribution in [2.24, 2.45) is 0 Å². The topological polar surface area (TPSA) is 96.0 Å². The van der Waals surface area contributed by atoms with Crippen molar-refractivity contribution in [2.45, 2.75) is 18.9 Å². The molecular formula is C17H18N6O2. The molecule has 4 rings (SSSR count). The van der Waals surface area contributed by atoms with E-state index >= 15 is 0 Å². The number of nitrogens with zero attached hydrogens (tertiary/aromatic N) is 4. The van der Waals surface area contributed by atoms with Crippen LogP contribution in [0.5, 0.6) is 5.75 Å². The van der Waals surface area contributed by atoms with Crippen LogP contribution in [0.2, 0.25) is 0 Å². The standard InChI is InChI=1S/C17H18N6O2/c1-25-12-6-4-11(5-7-12)21-17(24)14-3-2-8-23(14)16-13-9-20-22-15(13)18-10-19-16/h4-7,9-10,14H,2-3,8H2,1H3,(H,21,24)(H,18,19,20,22)/t14-/m1/s1. The highest BCUT2D eigenvalue weighted by atomic mass is 16.5. The fraction of sp³-hybridized carbons (Fsp3) is 0.294. The average molecular weight is 338 g/mol. The SMILES string of the molecule is COc1ccc(NC(=O)[C@H]2CCCN2c2ncnc3[nH]ncc23)cc1. The molecule has 0 saturated carbocycles. The Labute approximate surface area is 144 Å². The van der Waals surface area contributed by atoms with Gasteiger partial charge in [-0.25, -0.2) is 9.97 Å². The smallest absolute Gasteiger partial charge is 0.247 e. The number of H-pyrrole nitrogens is 1. The molecule has 3 aromatic rings. The van der Waals surface area contributed by atoms with Crippen molar-refractivity contribution in [3.8, 4) is 5.75 Å². The number of aromatic nitrogens is 4. The number of benzene rings is 1. The molecule has 1 saturated heterocycles. The number of anilines is 2. The molecule has 3 heterocycles. The molecule has 1 atom stereocenters. The van der Waals surface area contributed by atoms with Gasteiger partial charge in [0.1, 0.15) is 23.9 Å². The quantitative estimate of drug-likeness (QED) is 0.755. The fourth-order valence-electron chi connectivity index (χ4n) is 3.17. The summed E-state index contributed by atoms with van der Waals surface area (Å²) in [5.41, 5.74) is 1.42. The zero-order valence-corrected chi connectivity index (χ0v) is 13.8. The first-order valence-electron chi connectivity index (χ1n) is 8.12. The number of amides is 1. The van der Waals surface area contributed by atoms with E-state index in [2.05, 4.69) is 25.5 Å². The van der Waals surface area contributed by atoms with Crippen molar-refractivity contribution in [2.75, 3.05) is 23.9 Å². The third kappa shape index (κ3) is 2.86. The lowest BCUT2D eigenvalue weighted by Crippen LogP contribution is -2.40. The molecule has 128 valence electrons. The molecule has 8 nitrogen and oxygen atoms in total. The maximum absolute atomic E-state index is 12.8. The summed E-state index contributed by atoms with van der Waals surface area (Å²) in [6.07, 6.45) is 4.91. The van der Waals surface area contributed by atoms with Gasteiger partial charge in [0.25, 0.3) is 0 Å². The van der Waals surface area contributed by atoms with Gasteiger partial charge in [-0.15, -0.1) is 0 Å². The van der Waals surface area contributed by atoms with Gasteiger partial charge in [0, 0.05) is 12.2 Å². The van der Waals surface area contributed by atoms with E-state index in [1.165, 1.54) is 6.33 Å². The molecule has 25 heavy (non-hydrogen) atoms. The van der Waals surface area contributed by atoms with Crippen molar-refractivity contribution in [3.05, 3.63) is 36.8 Å². The molecule has 1 aliphatic heterocycles. The highest BCUT2D eigenvalue weighted by Crippen LogP contribution is 2.29. The highest BCUT2D eigenvalue weighted by Gasteiger charge is 2.33. The molecule has 1 aliphatic rings. The fourth-order valence-corrected chi connectivity index (χ4v) is 3.17. The van der Waals surface area contributed by atoms with Gasteiger partial charge >= 0.3 is 0 Å². The van der Waals surface area contributed by atoms with Crippen molar-refractivity contribution in [1.29, 1.82) is 0 Å². The molecule has 2 aromatic heterocycles. The Morgan fingerprint density at radius 2 is 2.16 bits per heavy atom. The van der Waals surface area contributed by atoms with E-state index in [0.717, 1.165) is 42.0 Å². The summed E-state index contributed by atoms with van der Waals surface area (Å²) in [5, 5.41) is 10.7. The predicted molar refractivity (Wildman–Crippen MR) is 93.7 cm³/mol. The predicted octanol–water partition coefficient (Wildman–Crippen LogP) is 1.97. The minimum Gasteiger partial charge on any atom is -0.497 e. The lowest BCUT2D eigenvalue weighted by molar-refractivity contribution is -0.117. The maximum atomic E-state index is 12.8. The number of ether oxygens (including phenoxy) is 1. The second kappa shape index (κ2) is 6.39. The molecule has 0 spiro atoms. The number of rotatable bonds is 4. The van der Waals surface area contributed by atoms with Crippen LogP contribution >= 0.6 is 0 Å². The highest BCUT2D eigenvalue weighted by molar-refractivity contribution is 5.98. The van der Waals surface area contributed by atoms with Gasteiger partial charge in [-0.3, -0.25) is 9.89 Å². The van der Waals surface area contributed by atoms with E-state index in [4.69, 9.17) is 4.74 Å². The van der Waals surface area contributed by atoms with Crippen LogP contribution in [0.1, 0.15) is 12.8 Å². The summed E-state index contributed by atoms with van der Waals surface area (Å²) in [5.74, 6) is 1.45. The number of carbonyl (C=O) groups excluding carboxylic acids is 1. The number of fused-ring (bicyclic) bond motifs is 1. The van der Waals surface area contributed by atoms with Gasteiger partial charge < -0.3 is 15.0 Å². The molecule has 0 bridgehead atoms. The zero-order chi connectivity index (χ0) is 17.2. The lowest BCUT2D eigenvalue weighted by atomic mass is 10.2. The monoisotopic (exact) mass is 338 g/mol. The number of methoxy groups -OCH3 is 1. The van der Waals surface area contributed by atoms with Gasteiger partial charge in [0.15, 0.2) is 5.65 Å². The van der Waals surface area contributed by atoms with E-state index in [9.17, 15) is 4.79 Å². The summed E-state index contributed by atoms with van der Waals surface area (Å²) < 4.78 is 5.14. The minimum absolute atomic E-state index is 0.0436. The number of hydrogen-bond acceptors (Lipinski definition) is 6. The molecule has 0 unspecified atom stereocenters. The van der Waals surface area contributed by atoms with Crippen molar-refractivity contribution in [3.63, 3.8) is 0 Å². The molecule has 1 amide bonds. The summed E-state index contributed by atoms with van der Waals surface area (Å²) >= 11 is 0. The molecule has 0 aliphatic carbocycles. The molecule has 2 N–H and O–H groups in total. The Balaban J connectivity index is 1.56. The van der Waals surface area contributed by atoms with E-state index in [0.29, 0.717) is 5.65 Å². The van der Waals surface area contributed by atoms with E-state index in [-0.39, 0.29) is 11.9 Å². The summed E-state index contributed by atoms with van der Waals surface area (Å²) in [7, 11) is 1.61. The van der Waals surface area contributed by atoms with Crippen LogP contribution in [0.4, 0.5) is 11.5 Å². The van der Waals surface area contributed by atoms with Gasteiger partial charge in [-0.05, 0) is 37.1 Å². The summed E-state index contributed by atoms with van der Waals surface area (Å²) in [4.78, 5) is 23.3. The maximum Gasteiger partial charge on any atom is 0.247 e. The molecule has 8 heteroatoms. The van der Waals surface area contributed by atoms with Crippen LogP contribution in [-0.4, -0.2) is 45.8 Å². The third-order valence-corrected chi connectivity index (χ3v) is 4.41. The van der Waals surface area contributed by atoms with Crippen LogP contribution in [0.25, 0.3) is 11.0 Å².